The molecule has 5 heteroatoms. The van der Waals surface area contributed by atoms with Gasteiger partial charge in [0.15, 0.2) is 11.2 Å². The van der Waals surface area contributed by atoms with Crippen LogP contribution in [0.4, 0.5) is 10.5 Å². The van der Waals surface area contributed by atoms with Crippen molar-refractivity contribution >= 4 is 11.8 Å². The molecule has 0 unspecified atom stereocenters. The zero-order valence-electron chi connectivity index (χ0n) is 16.7. The van der Waals surface area contributed by atoms with E-state index >= 15 is 0 Å². The summed E-state index contributed by atoms with van der Waals surface area (Å²) in [5, 5.41) is 11.7. The quantitative estimate of drug-likeness (QED) is 0.578. The second kappa shape index (κ2) is 6.25. The van der Waals surface area contributed by atoms with Gasteiger partial charge in [0.1, 0.15) is 17.4 Å². The zero-order chi connectivity index (χ0) is 21.1. The third-order valence-corrected chi connectivity index (χ3v) is 6.70. The molecule has 1 N–H and O–H groups in total. The Kier molecular flexibility index (Phi) is 3.68. The normalized spacial score (nSPS) is 34.5. The third-order valence-electron chi connectivity index (χ3n) is 6.70. The standard InChI is InChI=1S/C26H19NO4/c28-23(30-19-11-4-3-5-12-19)27-21-14-8-7-13-20(21)26-24(29)16-9-2-1-6-15-22(27)25(26,31-26)18-10-17-24/h1-5,7-8,11-14,22,29H,10,17-18H2/b2-1-/t22-,24-,25-,26-/m0/s1. The molecule has 1 saturated heterocycles. The van der Waals surface area contributed by atoms with Gasteiger partial charge in [-0.15, -0.1) is 0 Å². The van der Waals surface area contributed by atoms with Gasteiger partial charge in [-0.2, -0.15) is 0 Å². The zero-order valence-corrected chi connectivity index (χ0v) is 16.7. The number of rotatable bonds is 1. The molecule has 1 amide bonds. The lowest BCUT2D eigenvalue weighted by atomic mass is 9.61. The van der Waals surface area contributed by atoms with Crippen LogP contribution in [0.3, 0.4) is 0 Å². The second-order valence-electron chi connectivity index (χ2n) is 8.25. The van der Waals surface area contributed by atoms with Gasteiger partial charge < -0.3 is 14.6 Å². The number of anilines is 1. The fourth-order valence-corrected chi connectivity index (χ4v) is 5.46. The van der Waals surface area contributed by atoms with Gasteiger partial charge in [0, 0.05) is 5.56 Å². The van der Waals surface area contributed by atoms with Crippen LogP contribution in [0.15, 0.2) is 66.7 Å². The van der Waals surface area contributed by atoms with E-state index in [1.165, 1.54) is 0 Å². The van der Waals surface area contributed by atoms with E-state index in [4.69, 9.17) is 9.47 Å². The van der Waals surface area contributed by atoms with Crippen LogP contribution in [-0.4, -0.2) is 28.4 Å². The Balaban J connectivity index is 1.56. The summed E-state index contributed by atoms with van der Waals surface area (Å²) in [6.07, 6.45) is 4.62. The fraction of sp³-hybridized carbons (Fsp3) is 0.269. The van der Waals surface area contributed by atoms with Crippen LogP contribution in [0.5, 0.6) is 5.75 Å². The maximum Gasteiger partial charge on any atom is 0.420 e. The molecule has 1 saturated carbocycles. The Morgan fingerprint density at radius 1 is 1.06 bits per heavy atom. The van der Waals surface area contributed by atoms with Crippen molar-refractivity contribution in [2.75, 3.05) is 4.90 Å². The highest BCUT2D eigenvalue weighted by molar-refractivity contribution is 5.94. The monoisotopic (exact) mass is 409 g/mol. The highest BCUT2D eigenvalue weighted by Crippen LogP contribution is 2.73. The highest BCUT2D eigenvalue weighted by Gasteiger charge is 2.86. The third kappa shape index (κ3) is 2.28. The lowest BCUT2D eigenvalue weighted by Crippen LogP contribution is -2.62. The average Bonchev–Trinajstić information content (AvgIpc) is 3.50. The van der Waals surface area contributed by atoms with E-state index < -0.39 is 28.9 Å². The first kappa shape index (κ1) is 18.3. The molecule has 152 valence electrons. The fourth-order valence-electron chi connectivity index (χ4n) is 5.46. The first-order chi connectivity index (χ1) is 15.1. The SMILES string of the molecule is O=C(Oc1ccccc1)N1c2ccccc2[C@@]23O[C@]24CCC[C@@]3(O)C#C/C=C\C#C[C@H]14. The number of aliphatic hydroxyl groups is 1. The molecule has 31 heavy (non-hydrogen) atoms. The van der Waals surface area contributed by atoms with Crippen molar-refractivity contribution in [2.24, 2.45) is 0 Å². The van der Waals surface area contributed by atoms with Crippen molar-refractivity contribution in [2.45, 2.75) is 42.1 Å². The van der Waals surface area contributed by atoms with Crippen molar-refractivity contribution in [1.29, 1.82) is 0 Å². The van der Waals surface area contributed by atoms with Crippen LogP contribution in [0.25, 0.3) is 0 Å². The number of hydrogen-bond acceptors (Lipinski definition) is 4. The van der Waals surface area contributed by atoms with E-state index in [0.717, 1.165) is 12.0 Å². The summed E-state index contributed by atoms with van der Waals surface area (Å²) < 4.78 is 12.2. The number of carbonyl (C=O) groups excluding carboxylic acids is 1. The molecule has 2 aliphatic carbocycles. The smallest absolute Gasteiger partial charge is 0.410 e. The molecule has 0 aromatic heterocycles. The Morgan fingerprint density at radius 2 is 1.84 bits per heavy atom. The molecule has 2 aromatic carbocycles. The lowest BCUT2D eigenvalue weighted by Gasteiger charge is -2.46. The Bertz CT molecular complexity index is 1250. The molecular formula is C26H19NO4. The summed E-state index contributed by atoms with van der Waals surface area (Å²) in [4.78, 5) is 15.0. The average molecular weight is 409 g/mol. The van der Waals surface area contributed by atoms with Crippen LogP contribution in [0.1, 0.15) is 24.8 Å². The molecule has 5 nitrogen and oxygen atoms in total. The van der Waals surface area contributed by atoms with Crippen molar-refractivity contribution < 1.29 is 19.4 Å². The number of carbonyl (C=O) groups is 1. The molecule has 4 aliphatic rings. The molecule has 6 rings (SSSR count). The Hall–Kier alpha value is -3.51. The largest absolute Gasteiger partial charge is 0.420 e. The van der Waals surface area contributed by atoms with E-state index in [0.29, 0.717) is 24.3 Å². The summed E-state index contributed by atoms with van der Waals surface area (Å²) in [5.41, 5.74) is -1.84. The number of nitrogens with zero attached hydrogens (tertiary/aromatic N) is 1. The number of epoxide rings is 1. The van der Waals surface area contributed by atoms with Gasteiger partial charge in [0.05, 0.1) is 5.69 Å². The number of ether oxygens (including phenoxy) is 2. The van der Waals surface area contributed by atoms with Gasteiger partial charge in [0.25, 0.3) is 0 Å². The van der Waals surface area contributed by atoms with Crippen molar-refractivity contribution in [3.05, 3.63) is 72.3 Å². The van der Waals surface area contributed by atoms with Crippen LogP contribution >= 0.6 is 0 Å². The molecule has 4 atom stereocenters. The van der Waals surface area contributed by atoms with Gasteiger partial charge in [-0.1, -0.05) is 60.1 Å². The molecule has 2 heterocycles. The molecule has 2 fully saturated rings. The summed E-state index contributed by atoms with van der Waals surface area (Å²) >= 11 is 0. The molecule has 2 aliphatic heterocycles. The maximum atomic E-state index is 13.5. The van der Waals surface area contributed by atoms with E-state index in [9.17, 15) is 9.90 Å². The Morgan fingerprint density at radius 3 is 2.71 bits per heavy atom. The van der Waals surface area contributed by atoms with Gasteiger partial charge in [0.2, 0.25) is 0 Å². The van der Waals surface area contributed by atoms with Gasteiger partial charge >= 0.3 is 6.09 Å². The first-order valence-electron chi connectivity index (χ1n) is 10.4. The summed E-state index contributed by atoms with van der Waals surface area (Å²) in [6, 6.07) is 15.9. The Labute approximate surface area is 180 Å². The minimum Gasteiger partial charge on any atom is -0.410 e. The predicted molar refractivity (Wildman–Crippen MR) is 114 cm³/mol. The minimum absolute atomic E-state index is 0.453. The van der Waals surface area contributed by atoms with Crippen LogP contribution in [-0.2, 0) is 10.3 Å². The van der Waals surface area contributed by atoms with E-state index in [1.54, 1.807) is 29.2 Å². The molecule has 4 bridgehead atoms. The van der Waals surface area contributed by atoms with E-state index in [-0.39, 0.29) is 0 Å². The molecular weight excluding hydrogens is 390 g/mol. The number of allylic oxidation sites excluding steroid dienone is 2. The van der Waals surface area contributed by atoms with E-state index in [1.807, 2.05) is 42.5 Å². The number of benzene rings is 2. The number of hydrogen-bond donors (Lipinski definition) is 1. The van der Waals surface area contributed by atoms with Crippen LogP contribution < -0.4 is 9.64 Å². The van der Waals surface area contributed by atoms with Gasteiger partial charge in [-0.05, 0) is 49.6 Å². The second-order valence-corrected chi connectivity index (χ2v) is 8.25. The molecule has 2 aromatic rings. The molecule has 0 spiro atoms. The van der Waals surface area contributed by atoms with Crippen molar-refractivity contribution in [1.82, 2.24) is 0 Å². The topological polar surface area (TPSA) is 62.3 Å². The number of para-hydroxylation sites is 2. The predicted octanol–water partition coefficient (Wildman–Crippen LogP) is 3.53. The van der Waals surface area contributed by atoms with Gasteiger partial charge in [-0.25, -0.2) is 4.79 Å². The van der Waals surface area contributed by atoms with E-state index in [2.05, 4.69) is 23.7 Å². The summed E-state index contributed by atoms with van der Waals surface area (Å²) in [6.45, 7) is 0. The first-order valence-corrected chi connectivity index (χ1v) is 10.4. The van der Waals surface area contributed by atoms with Gasteiger partial charge in [-0.3, -0.25) is 4.90 Å². The summed E-state index contributed by atoms with van der Waals surface area (Å²) in [7, 11) is 0. The lowest BCUT2D eigenvalue weighted by molar-refractivity contribution is -0.00512. The molecule has 0 radical (unpaired) electrons. The summed E-state index contributed by atoms with van der Waals surface area (Å²) in [5.74, 6) is 12.7. The van der Waals surface area contributed by atoms with Crippen LogP contribution in [0, 0.1) is 23.7 Å². The van der Waals surface area contributed by atoms with Crippen molar-refractivity contribution in [3.8, 4) is 29.4 Å². The number of fused-ring (bicyclic) bond motifs is 1. The maximum absolute atomic E-state index is 13.5. The van der Waals surface area contributed by atoms with Crippen molar-refractivity contribution in [3.63, 3.8) is 0 Å². The van der Waals surface area contributed by atoms with Crippen LogP contribution in [0.2, 0.25) is 0 Å². The highest BCUT2D eigenvalue weighted by atomic mass is 16.7. The minimum atomic E-state index is -1.36. The number of amides is 1.